The minimum Gasteiger partial charge on any atom is -0.463 e. The van der Waals surface area contributed by atoms with Gasteiger partial charge in [-0.15, -0.1) is 0 Å². The summed E-state index contributed by atoms with van der Waals surface area (Å²) in [7, 11) is 0. The Balaban J connectivity index is 1.63. The Labute approximate surface area is 128 Å². The van der Waals surface area contributed by atoms with Crippen LogP contribution in [0.2, 0.25) is 0 Å². The first-order valence-electron chi connectivity index (χ1n) is 7.31. The van der Waals surface area contributed by atoms with Gasteiger partial charge in [-0.2, -0.15) is 0 Å². The molecular formula is C18H17FO3. The zero-order valence-electron chi connectivity index (χ0n) is 12.3. The summed E-state index contributed by atoms with van der Waals surface area (Å²) in [5.74, 6) is 1.20. The number of carbonyl (C=O) groups excluding carboxylic acids is 1. The molecular weight excluding hydrogens is 283 g/mol. The van der Waals surface area contributed by atoms with Crippen LogP contribution in [0.4, 0.5) is 4.39 Å². The van der Waals surface area contributed by atoms with Crippen molar-refractivity contribution in [1.29, 1.82) is 0 Å². The van der Waals surface area contributed by atoms with E-state index in [1.807, 2.05) is 24.3 Å². The Hall–Kier alpha value is -2.36. The summed E-state index contributed by atoms with van der Waals surface area (Å²) >= 11 is 0. The molecule has 0 spiro atoms. The second-order valence-corrected chi connectivity index (χ2v) is 5.53. The summed E-state index contributed by atoms with van der Waals surface area (Å²) < 4.78 is 23.8. The zero-order chi connectivity index (χ0) is 15.5. The van der Waals surface area contributed by atoms with Crippen molar-refractivity contribution in [2.45, 2.75) is 31.8 Å². The summed E-state index contributed by atoms with van der Waals surface area (Å²) in [5, 5.41) is 0. The van der Waals surface area contributed by atoms with Gasteiger partial charge < -0.3 is 9.47 Å². The first kappa shape index (κ1) is 14.6. The van der Waals surface area contributed by atoms with Crippen LogP contribution >= 0.6 is 0 Å². The lowest BCUT2D eigenvalue weighted by molar-refractivity contribution is -0.151. The minimum atomic E-state index is -0.285. The van der Waals surface area contributed by atoms with Crippen molar-refractivity contribution in [2.24, 2.45) is 0 Å². The van der Waals surface area contributed by atoms with Gasteiger partial charge >= 0.3 is 5.97 Å². The molecule has 0 bridgehead atoms. The molecule has 0 heterocycles. The average molecular weight is 300 g/mol. The lowest BCUT2D eigenvalue weighted by Gasteiger charge is -2.34. The molecule has 114 valence electrons. The van der Waals surface area contributed by atoms with Crippen LogP contribution in [0.15, 0.2) is 48.5 Å². The summed E-state index contributed by atoms with van der Waals surface area (Å²) in [5.41, 5.74) is 1.17. The van der Waals surface area contributed by atoms with Gasteiger partial charge in [0.2, 0.25) is 0 Å². The monoisotopic (exact) mass is 300 g/mol. The van der Waals surface area contributed by atoms with Crippen molar-refractivity contribution < 1.29 is 18.7 Å². The number of rotatable bonds is 4. The van der Waals surface area contributed by atoms with Crippen molar-refractivity contribution in [3.8, 4) is 11.5 Å². The fourth-order valence-electron chi connectivity index (χ4n) is 2.64. The summed E-state index contributed by atoms with van der Waals surface area (Å²) in [6, 6.07) is 13.8. The van der Waals surface area contributed by atoms with Gasteiger partial charge in [0.1, 0.15) is 23.4 Å². The van der Waals surface area contributed by atoms with E-state index in [9.17, 15) is 9.18 Å². The van der Waals surface area contributed by atoms with Gasteiger partial charge in [0.05, 0.1) is 0 Å². The lowest BCUT2D eigenvalue weighted by Crippen LogP contribution is -2.31. The van der Waals surface area contributed by atoms with E-state index in [1.54, 1.807) is 12.1 Å². The SMILES string of the molecule is CC(=O)OC1CC(c2cccc(Oc3ccc(F)cc3)c2)C1. The molecule has 1 aliphatic carbocycles. The first-order valence-corrected chi connectivity index (χ1v) is 7.31. The van der Waals surface area contributed by atoms with E-state index in [0.29, 0.717) is 11.7 Å². The molecule has 0 saturated heterocycles. The summed E-state index contributed by atoms with van der Waals surface area (Å²) in [6.45, 7) is 1.44. The molecule has 2 aromatic carbocycles. The summed E-state index contributed by atoms with van der Waals surface area (Å²) in [4.78, 5) is 10.9. The highest BCUT2D eigenvalue weighted by atomic mass is 19.1. The van der Waals surface area contributed by atoms with E-state index in [4.69, 9.17) is 9.47 Å². The predicted octanol–water partition coefficient (Wildman–Crippen LogP) is 4.43. The molecule has 1 saturated carbocycles. The van der Waals surface area contributed by atoms with Crippen molar-refractivity contribution in [3.63, 3.8) is 0 Å². The number of hydrogen-bond acceptors (Lipinski definition) is 3. The topological polar surface area (TPSA) is 35.5 Å². The van der Waals surface area contributed by atoms with Gasteiger partial charge in [-0.3, -0.25) is 4.79 Å². The van der Waals surface area contributed by atoms with Crippen molar-refractivity contribution in [3.05, 3.63) is 59.9 Å². The third kappa shape index (κ3) is 3.45. The smallest absolute Gasteiger partial charge is 0.302 e. The molecule has 1 fully saturated rings. The fraction of sp³-hybridized carbons (Fsp3) is 0.278. The van der Waals surface area contributed by atoms with Crippen LogP contribution < -0.4 is 4.74 Å². The van der Waals surface area contributed by atoms with E-state index in [2.05, 4.69) is 0 Å². The maximum Gasteiger partial charge on any atom is 0.302 e. The van der Waals surface area contributed by atoms with Crippen LogP contribution in [0.25, 0.3) is 0 Å². The highest BCUT2D eigenvalue weighted by Gasteiger charge is 2.32. The molecule has 2 aromatic rings. The van der Waals surface area contributed by atoms with Crippen LogP contribution in [0.1, 0.15) is 31.2 Å². The van der Waals surface area contributed by atoms with E-state index in [1.165, 1.54) is 24.6 Å². The third-order valence-corrected chi connectivity index (χ3v) is 3.81. The van der Waals surface area contributed by atoms with Gasteiger partial charge in [-0.1, -0.05) is 12.1 Å². The van der Waals surface area contributed by atoms with Gasteiger partial charge in [-0.05, 0) is 60.7 Å². The predicted molar refractivity (Wildman–Crippen MR) is 80.4 cm³/mol. The molecule has 0 aliphatic heterocycles. The standard InChI is InChI=1S/C18H17FO3/c1-12(20)21-18-10-14(11-18)13-3-2-4-17(9-13)22-16-7-5-15(19)6-8-16/h2-9,14,18H,10-11H2,1H3. The molecule has 3 nitrogen and oxygen atoms in total. The average Bonchev–Trinajstić information content (AvgIpc) is 2.45. The van der Waals surface area contributed by atoms with Gasteiger partial charge in [0, 0.05) is 6.92 Å². The number of hydrogen-bond donors (Lipinski definition) is 0. The van der Waals surface area contributed by atoms with Crippen LogP contribution in [0.5, 0.6) is 11.5 Å². The van der Waals surface area contributed by atoms with E-state index in [0.717, 1.165) is 18.6 Å². The van der Waals surface area contributed by atoms with Gasteiger partial charge in [-0.25, -0.2) is 4.39 Å². The van der Waals surface area contributed by atoms with E-state index in [-0.39, 0.29) is 17.9 Å². The van der Waals surface area contributed by atoms with Gasteiger partial charge in [0.15, 0.2) is 0 Å². The Morgan fingerprint density at radius 3 is 2.50 bits per heavy atom. The Morgan fingerprint density at radius 2 is 1.82 bits per heavy atom. The molecule has 0 radical (unpaired) electrons. The molecule has 4 heteroatoms. The lowest BCUT2D eigenvalue weighted by atomic mass is 9.77. The number of benzene rings is 2. The normalized spacial score (nSPS) is 20.1. The Morgan fingerprint density at radius 1 is 1.09 bits per heavy atom. The molecule has 0 atom stereocenters. The van der Waals surface area contributed by atoms with E-state index < -0.39 is 0 Å². The number of ether oxygens (including phenoxy) is 2. The van der Waals surface area contributed by atoms with Crippen molar-refractivity contribution >= 4 is 5.97 Å². The quantitative estimate of drug-likeness (QED) is 0.784. The molecule has 0 aromatic heterocycles. The zero-order valence-corrected chi connectivity index (χ0v) is 12.3. The van der Waals surface area contributed by atoms with Crippen LogP contribution in [-0.2, 0) is 9.53 Å². The van der Waals surface area contributed by atoms with Gasteiger partial charge in [0.25, 0.3) is 0 Å². The maximum absolute atomic E-state index is 12.9. The second kappa shape index (κ2) is 6.18. The molecule has 3 rings (SSSR count). The Kier molecular flexibility index (Phi) is 4.09. The molecule has 22 heavy (non-hydrogen) atoms. The van der Waals surface area contributed by atoms with Crippen LogP contribution in [0, 0.1) is 5.82 Å². The highest BCUT2D eigenvalue weighted by molar-refractivity contribution is 5.66. The number of halogens is 1. The van der Waals surface area contributed by atoms with Crippen LogP contribution in [-0.4, -0.2) is 12.1 Å². The van der Waals surface area contributed by atoms with Crippen LogP contribution in [0.3, 0.4) is 0 Å². The molecule has 0 N–H and O–H groups in total. The number of carbonyl (C=O) groups is 1. The maximum atomic E-state index is 12.9. The first-order chi connectivity index (χ1) is 10.6. The largest absolute Gasteiger partial charge is 0.463 e. The third-order valence-electron chi connectivity index (χ3n) is 3.81. The molecule has 1 aliphatic rings. The summed E-state index contributed by atoms with van der Waals surface area (Å²) in [6.07, 6.45) is 1.73. The minimum absolute atomic E-state index is 0.0316. The highest BCUT2D eigenvalue weighted by Crippen LogP contribution is 2.40. The van der Waals surface area contributed by atoms with Crippen molar-refractivity contribution in [2.75, 3.05) is 0 Å². The second-order valence-electron chi connectivity index (χ2n) is 5.53. The Bertz CT molecular complexity index is 660. The number of esters is 1. The fourth-order valence-corrected chi connectivity index (χ4v) is 2.64. The molecule has 0 unspecified atom stereocenters. The molecule has 0 amide bonds. The van der Waals surface area contributed by atoms with Crippen molar-refractivity contribution in [1.82, 2.24) is 0 Å². The van der Waals surface area contributed by atoms with E-state index >= 15 is 0 Å².